The van der Waals surface area contributed by atoms with Gasteiger partial charge in [0.2, 0.25) is 10.3 Å². The quantitative estimate of drug-likeness (QED) is 0.591. The van der Waals surface area contributed by atoms with Gasteiger partial charge < -0.3 is 24.6 Å². The summed E-state index contributed by atoms with van der Waals surface area (Å²) in [4.78, 5) is 4.79. The molecular formula is C21H28N6O2S. The second-order valence-electron chi connectivity index (χ2n) is 7.08. The van der Waals surface area contributed by atoms with Crippen LogP contribution < -0.4 is 19.7 Å². The van der Waals surface area contributed by atoms with Gasteiger partial charge in [-0.1, -0.05) is 18.3 Å². The van der Waals surface area contributed by atoms with Crippen LogP contribution in [0.3, 0.4) is 0 Å². The first-order chi connectivity index (χ1) is 14.7. The number of anilines is 2. The predicted octanol–water partition coefficient (Wildman–Crippen LogP) is 3.10. The maximum Gasteiger partial charge on any atom is 0.218 e. The number of ether oxygens (including phenoxy) is 2. The molecule has 1 aliphatic heterocycles. The van der Waals surface area contributed by atoms with Crippen LogP contribution in [0.15, 0.2) is 36.5 Å². The maximum absolute atomic E-state index is 5.46. The van der Waals surface area contributed by atoms with Gasteiger partial charge in [-0.15, -0.1) is 10.2 Å². The molecule has 1 aromatic carbocycles. The zero-order valence-corrected chi connectivity index (χ0v) is 18.5. The number of methoxy groups -OCH3 is 2. The van der Waals surface area contributed by atoms with Crippen molar-refractivity contribution in [2.24, 2.45) is 0 Å². The second-order valence-corrected chi connectivity index (χ2v) is 8.01. The van der Waals surface area contributed by atoms with Crippen molar-refractivity contribution in [2.75, 3.05) is 57.2 Å². The highest BCUT2D eigenvalue weighted by molar-refractivity contribution is 7.17. The fraction of sp³-hybridized carbons (Fsp3) is 0.429. The Labute approximate surface area is 181 Å². The molecule has 1 saturated heterocycles. The van der Waals surface area contributed by atoms with E-state index in [4.69, 9.17) is 9.47 Å². The Morgan fingerprint density at radius 2 is 1.83 bits per heavy atom. The van der Waals surface area contributed by atoms with Crippen molar-refractivity contribution in [3.05, 3.63) is 42.2 Å². The van der Waals surface area contributed by atoms with Gasteiger partial charge in [0.25, 0.3) is 0 Å². The van der Waals surface area contributed by atoms with Gasteiger partial charge in [0.1, 0.15) is 11.5 Å². The van der Waals surface area contributed by atoms with Crippen molar-refractivity contribution in [3.8, 4) is 16.6 Å². The molecule has 9 heteroatoms. The molecule has 0 amide bonds. The van der Waals surface area contributed by atoms with Crippen LogP contribution in [0.5, 0.6) is 11.5 Å². The molecule has 3 aromatic rings. The number of benzene rings is 1. The fourth-order valence-corrected chi connectivity index (χ4v) is 4.49. The lowest BCUT2D eigenvalue weighted by Crippen LogP contribution is -2.46. The molecule has 2 aromatic heterocycles. The molecule has 0 aliphatic carbocycles. The zero-order chi connectivity index (χ0) is 20.9. The Kier molecular flexibility index (Phi) is 6.39. The molecule has 4 rings (SSSR count). The highest BCUT2D eigenvalue weighted by Crippen LogP contribution is 2.30. The van der Waals surface area contributed by atoms with Crippen molar-refractivity contribution < 1.29 is 9.47 Å². The predicted molar refractivity (Wildman–Crippen MR) is 120 cm³/mol. The molecule has 160 valence electrons. The standard InChI is InChI=1S/C21H28N6O2S/c1-4-25-10-12-26(13-11-25)20-23-24-21(30-20)27-9-5-6-16(27)15-22-18-14-17(28-2)7-8-19(18)29-3/h5-9,14,22H,4,10-13,15H2,1-3H3. The molecule has 0 radical (unpaired) electrons. The number of rotatable bonds is 8. The van der Waals surface area contributed by atoms with E-state index >= 15 is 0 Å². The number of piperazine rings is 1. The Hall–Kier alpha value is -2.78. The number of likely N-dealkylation sites (N-methyl/N-ethyl adjacent to an activating group) is 1. The number of hydrogen-bond donors (Lipinski definition) is 1. The molecule has 0 atom stereocenters. The first-order valence-electron chi connectivity index (χ1n) is 10.1. The summed E-state index contributed by atoms with van der Waals surface area (Å²) in [5.41, 5.74) is 1.98. The lowest BCUT2D eigenvalue weighted by Gasteiger charge is -2.33. The molecule has 3 heterocycles. The Morgan fingerprint density at radius 3 is 2.57 bits per heavy atom. The normalized spacial score (nSPS) is 14.7. The van der Waals surface area contributed by atoms with Gasteiger partial charge in [-0.25, -0.2) is 0 Å². The maximum atomic E-state index is 5.46. The minimum absolute atomic E-state index is 0.626. The van der Waals surface area contributed by atoms with E-state index in [1.54, 1.807) is 25.6 Å². The highest BCUT2D eigenvalue weighted by Gasteiger charge is 2.20. The van der Waals surface area contributed by atoms with E-state index in [1.807, 2.05) is 30.5 Å². The molecule has 0 saturated carbocycles. The van der Waals surface area contributed by atoms with Crippen molar-refractivity contribution in [1.29, 1.82) is 0 Å². The van der Waals surface area contributed by atoms with E-state index in [1.165, 1.54) is 0 Å². The number of nitrogens with zero attached hydrogens (tertiary/aromatic N) is 5. The van der Waals surface area contributed by atoms with E-state index in [-0.39, 0.29) is 0 Å². The van der Waals surface area contributed by atoms with Crippen LogP contribution in [0.4, 0.5) is 10.8 Å². The summed E-state index contributed by atoms with van der Waals surface area (Å²) in [6.45, 7) is 8.09. The molecule has 0 spiro atoms. The topological polar surface area (TPSA) is 67.7 Å². The van der Waals surface area contributed by atoms with Crippen LogP contribution in [-0.4, -0.2) is 66.6 Å². The highest BCUT2D eigenvalue weighted by atomic mass is 32.1. The van der Waals surface area contributed by atoms with Gasteiger partial charge in [0.15, 0.2) is 0 Å². The third-order valence-corrected chi connectivity index (χ3v) is 6.38. The minimum Gasteiger partial charge on any atom is -0.497 e. The van der Waals surface area contributed by atoms with Crippen molar-refractivity contribution >= 4 is 22.2 Å². The smallest absolute Gasteiger partial charge is 0.218 e. The SMILES string of the molecule is CCN1CCN(c2nnc(-n3cccc3CNc3cc(OC)ccc3OC)s2)CC1. The van der Waals surface area contributed by atoms with Gasteiger partial charge in [-0.05, 0) is 30.8 Å². The van der Waals surface area contributed by atoms with E-state index in [2.05, 4.69) is 42.9 Å². The van der Waals surface area contributed by atoms with E-state index in [0.29, 0.717) is 6.54 Å². The van der Waals surface area contributed by atoms with Crippen LogP contribution >= 0.6 is 11.3 Å². The summed E-state index contributed by atoms with van der Waals surface area (Å²) in [6.07, 6.45) is 2.03. The molecule has 8 nitrogen and oxygen atoms in total. The van der Waals surface area contributed by atoms with Crippen LogP contribution in [0.2, 0.25) is 0 Å². The third kappa shape index (κ3) is 4.36. The van der Waals surface area contributed by atoms with Gasteiger partial charge >= 0.3 is 0 Å². The van der Waals surface area contributed by atoms with Crippen molar-refractivity contribution in [2.45, 2.75) is 13.5 Å². The summed E-state index contributed by atoms with van der Waals surface area (Å²) in [5, 5.41) is 14.2. The molecule has 30 heavy (non-hydrogen) atoms. The fourth-order valence-electron chi connectivity index (χ4n) is 3.57. The molecule has 0 unspecified atom stereocenters. The minimum atomic E-state index is 0.626. The van der Waals surface area contributed by atoms with Gasteiger partial charge in [-0.2, -0.15) is 0 Å². The van der Waals surface area contributed by atoms with Gasteiger partial charge in [0, 0.05) is 44.1 Å². The Bertz CT molecular complexity index is 964. The summed E-state index contributed by atoms with van der Waals surface area (Å²) >= 11 is 1.63. The average molecular weight is 429 g/mol. The first-order valence-corrected chi connectivity index (χ1v) is 11.0. The lowest BCUT2D eigenvalue weighted by atomic mass is 10.2. The molecule has 1 fully saturated rings. The summed E-state index contributed by atoms with van der Waals surface area (Å²) < 4.78 is 12.9. The summed E-state index contributed by atoms with van der Waals surface area (Å²) in [5.74, 6) is 1.56. The zero-order valence-electron chi connectivity index (χ0n) is 17.7. The van der Waals surface area contributed by atoms with Gasteiger partial charge in [0.05, 0.1) is 26.5 Å². The number of aromatic nitrogens is 3. The molecule has 1 N–H and O–H groups in total. The van der Waals surface area contributed by atoms with Crippen LogP contribution in [0.25, 0.3) is 5.13 Å². The molecule has 0 bridgehead atoms. The van der Waals surface area contributed by atoms with Crippen LogP contribution in [0, 0.1) is 0 Å². The van der Waals surface area contributed by atoms with Crippen molar-refractivity contribution in [3.63, 3.8) is 0 Å². The Morgan fingerprint density at radius 1 is 1.03 bits per heavy atom. The van der Waals surface area contributed by atoms with Crippen LogP contribution in [-0.2, 0) is 6.54 Å². The molecule has 1 aliphatic rings. The molecular weight excluding hydrogens is 400 g/mol. The second kappa shape index (κ2) is 9.36. The van der Waals surface area contributed by atoms with E-state index in [0.717, 1.165) is 65.9 Å². The Balaban J connectivity index is 1.46. The number of hydrogen-bond acceptors (Lipinski definition) is 8. The average Bonchev–Trinajstić information content (AvgIpc) is 3.47. The number of nitrogens with one attached hydrogen (secondary N) is 1. The van der Waals surface area contributed by atoms with E-state index < -0.39 is 0 Å². The monoisotopic (exact) mass is 428 g/mol. The van der Waals surface area contributed by atoms with Crippen molar-refractivity contribution in [1.82, 2.24) is 19.7 Å². The summed E-state index contributed by atoms with van der Waals surface area (Å²) in [6, 6.07) is 9.83. The van der Waals surface area contributed by atoms with Crippen LogP contribution in [0.1, 0.15) is 12.6 Å². The van der Waals surface area contributed by atoms with Gasteiger partial charge in [-0.3, -0.25) is 4.57 Å². The lowest BCUT2D eigenvalue weighted by molar-refractivity contribution is 0.271. The van der Waals surface area contributed by atoms with E-state index in [9.17, 15) is 0 Å². The first kappa shape index (κ1) is 20.5. The summed E-state index contributed by atoms with van der Waals surface area (Å²) in [7, 11) is 3.32. The third-order valence-electron chi connectivity index (χ3n) is 5.40. The largest absolute Gasteiger partial charge is 0.497 e.